The van der Waals surface area contributed by atoms with E-state index in [9.17, 15) is 4.39 Å². The Morgan fingerprint density at radius 1 is 1.09 bits per heavy atom. The summed E-state index contributed by atoms with van der Waals surface area (Å²) in [7, 11) is 0. The van der Waals surface area contributed by atoms with E-state index < -0.39 is 0 Å². The third-order valence-corrected chi connectivity index (χ3v) is 6.31. The van der Waals surface area contributed by atoms with Gasteiger partial charge in [0.05, 0.1) is 30.6 Å². The number of hydrogen-bond donors (Lipinski definition) is 1. The highest BCUT2D eigenvalue weighted by atomic mass is 32.1. The molecule has 3 aromatic heterocycles. The molecule has 5 rings (SSSR count). The van der Waals surface area contributed by atoms with Crippen molar-refractivity contribution in [3.8, 4) is 5.69 Å². The maximum absolute atomic E-state index is 14.0. The van der Waals surface area contributed by atoms with E-state index in [-0.39, 0.29) is 17.9 Å². The summed E-state index contributed by atoms with van der Waals surface area (Å²) in [5.41, 5.74) is 4.89. The van der Waals surface area contributed by atoms with Crippen molar-refractivity contribution in [1.29, 1.82) is 0 Å². The van der Waals surface area contributed by atoms with E-state index in [1.807, 2.05) is 43.3 Å². The second-order valence-corrected chi connectivity index (χ2v) is 8.36. The molecule has 1 saturated heterocycles. The van der Waals surface area contributed by atoms with Crippen molar-refractivity contribution in [2.75, 3.05) is 0 Å². The minimum atomic E-state index is -0.258. The summed E-state index contributed by atoms with van der Waals surface area (Å²) in [6.45, 7) is 4.64. The molecule has 2 atom stereocenters. The highest BCUT2D eigenvalue weighted by Gasteiger charge is 2.41. The molecule has 0 bridgehead atoms. The highest BCUT2D eigenvalue weighted by molar-refractivity contribution is 7.80. The summed E-state index contributed by atoms with van der Waals surface area (Å²) in [6.07, 6.45) is 3.46. The van der Waals surface area contributed by atoms with Gasteiger partial charge in [-0.05, 0) is 80.2 Å². The van der Waals surface area contributed by atoms with Crippen molar-refractivity contribution < 1.29 is 8.81 Å². The molecule has 0 saturated carbocycles. The number of benzene rings is 1. The molecule has 7 heteroatoms. The van der Waals surface area contributed by atoms with Gasteiger partial charge < -0.3 is 19.2 Å². The van der Waals surface area contributed by atoms with Crippen molar-refractivity contribution in [2.24, 2.45) is 0 Å². The minimum absolute atomic E-state index is 0.101. The van der Waals surface area contributed by atoms with Gasteiger partial charge >= 0.3 is 0 Å². The maximum atomic E-state index is 14.0. The summed E-state index contributed by atoms with van der Waals surface area (Å²) in [6, 6.07) is 18.3. The molecule has 1 aliphatic heterocycles. The van der Waals surface area contributed by atoms with E-state index in [2.05, 4.69) is 32.8 Å². The van der Waals surface area contributed by atoms with Crippen LogP contribution in [0.3, 0.4) is 0 Å². The van der Waals surface area contributed by atoms with Crippen LogP contribution < -0.4 is 5.32 Å². The molecule has 0 unspecified atom stereocenters. The summed E-state index contributed by atoms with van der Waals surface area (Å²) >= 11 is 5.75. The van der Waals surface area contributed by atoms with E-state index in [1.54, 1.807) is 24.6 Å². The second kappa shape index (κ2) is 8.24. The molecule has 1 aromatic carbocycles. The van der Waals surface area contributed by atoms with Gasteiger partial charge in [-0.1, -0.05) is 12.1 Å². The molecule has 4 heterocycles. The van der Waals surface area contributed by atoms with Gasteiger partial charge in [0.1, 0.15) is 11.6 Å². The van der Waals surface area contributed by atoms with Crippen LogP contribution in [0.2, 0.25) is 0 Å². The zero-order valence-corrected chi connectivity index (χ0v) is 18.6. The fourth-order valence-corrected chi connectivity index (χ4v) is 4.89. The lowest BCUT2D eigenvalue weighted by Gasteiger charge is -2.27. The number of rotatable bonds is 5. The maximum Gasteiger partial charge on any atom is 0.170 e. The zero-order valence-electron chi connectivity index (χ0n) is 17.8. The van der Waals surface area contributed by atoms with E-state index in [0.717, 1.165) is 34.1 Å². The Morgan fingerprint density at radius 2 is 1.97 bits per heavy atom. The molecule has 0 radical (unpaired) electrons. The lowest BCUT2D eigenvalue weighted by Crippen LogP contribution is -2.29. The number of aryl methyl sites for hydroxylation is 1. The topological polar surface area (TPSA) is 46.2 Å². The fraction of sp³-hybridized carbons (Fsp3) is 0.200. The highest BCUT2D eigenvalue weighted by Crippen LogP contribution is 2.42. The summed E-state index contributed by atoms with van der Waals surface area (Å²) < 4.78 is 21.7. The van der Waals surface area contributed by atoms with E-state index in [4.69, 9.17) is 16.6 Å². The third-order valence-electron chi connectivity index (χ3n) is 5.96. The van der Waals surface area contributed by atoms with Gasteiger partial charge in [-0.15, -0.1) is 0 Å². The molecule has 5 nitrogen and oxygen atoms in total. The first-order valence-electron chi connectivity index (χ1n) is 10.5. The van der Waals surface area contributed by atoms with Crippen molar-refractivity contribution in [2.45, 2.75) is 32.5 Å². The molecule has 162 valence electrons. The van der Waals surface area contributed by atoms with Crippen LogP contribution in [-0.2, 0) is 6.54 Å². The molecule has 0 spiro atoms. The number of nitrogens with zero attached hydrogens (tertiary/aromatic N) is 3. The van der Waals surface area contributed by atoms with Crippen molar-refractivity contribution in [3.05, 3.63) is 107 Å². The van der Waals surface area contributed by atoms with Crippen LogP contribution in [0.1, 0.15) is 40.5 Å². The second-order valence-electron chi connectivity index (χ2n) is 7.98. The molecule has 0 aliphatic carbocycles. The molecular formula is C25H23FN4OS. The number of halogens is 1. The number of aromatic nitrogens is 2. The van der Waals surface area contributed by atoms with Gasteiger partial charge in [0, 0.05) is 23.3 Å². The first-order valence-corrected chi connectivity index (χ1v) is 10.9. The van der Waals surface area contributed by atoms with E-state index in [0.29, 0.717) is 11.7 Å². The molecule has 1 aliphatic rings. The van der Waals surface area contributed by atoms with E-state index >= 15 is 0 Å². The predicted octanol–water partition coefficient (Wildman–Crippen LogP) is 5.39. The predicted molar refractivity (Wildman–Crippen MR) is 125 cm³/mol. The van der Waals surface area contributed by atoms with Gasteiger partial charge in [-0.2, -0.15) is 0 Å². The SMILES string of the molecule is Cc1cc([C@@H]2[C@@H](c3ccccn3)NC(=S)N2Cc2ccco2)c(C)n1-c1cccc(F)c1. The number of hydrogen-bond acceptors (Lipinski definition) is 3. The first-order chi connectivity index (χ1) is 15.5. The van der Waals surface area contributed by atoms with Crippen LogP contribution >= 0.6 is 12.2 Å². The summed E-state index contributed by atoms with van der Waals surface area (Å²) in [5.74, 6) is 0.575. The average Bonchev–Trinajstić information content (AvgIpc) is 3.48. The number of thiocarbonyl (C=S) groups is 1. The monoisotopic (exact) mass is 446 g/mol. The van der Waals surface area contributed by atoms with Crippen LogP contribution in [0.4, 0.5) is 4.39 Å². The van der Waals surface area contributed by atoms with Crippen molar-refractivity contribution >= 4 is 17.3 Å². The molecule has 4 aromatic rings. The molecular weight excluding hydrogens is 423 g/mol. The third kappa shape index (κ3) is 3.58. The average molecular weight is 447 g/mol. The van der Waals surface area contributed by atoms with Crippen LogP contribution in [-0.4, -0.2) is 19.6 Å². The number of furan rings is 1. The molecule has 0 amide bonds. The molecule has 32 heavy (non-hydrogen) atoms. The van der Waals surface area contributed by atoms with Gasteiger partial charge in [-0.3, -0.25) is 4.98 Å². The zero-order chi connectivity index (χ0) is 22.2. The lowest BCUT2D eigenvalue weighted by atomic mass is 9.96. The van der Waals surface area contributed by atoms with Crippen LogP contribution in [0.5, 0.6) is 0 Å². The number of nitrogens with one attached hydrogen (secondary N) is 1. The van der Waals surface area contributed by atoms with Crippen molar-refractivity contribution in [3.63, 3.8) is 0 Å². The van der Waals surface area contributed by atoms with Gasteiger partial charge in [0.2, 0.25) is 0 Å². The van der Waals surface area contributed by atoms with Gasteiger partial charge in [0.15, 0.2) is 5.11 Å². The van der Waals surface area contributed by atoms with Crippen LogP contribution in [0.15, 0.2) is 77.5 Å². The Hall–Kier alpha value is -3.45. The Balaban J connectivity index is 1.63. The van der Waals surface area contributed by atoms with Gasteiger partial charge in [0.25, 0.3) is 0 Å². The Morgan fingerprint density at radius 3 is 2.69 bits per heavy atom. The Kier molecular flexibility index (Phi) is 5.27. The Bertz CT molecular complexity index is 1250. The lowest BCUT2D eigenvalue weighted by molar-refractivity contribution is 0.286. The Labute approximate surface area is 191 Å². The first kappa shape index (κ1) is 20.5. The van der Waals surface area contributed by atoms with E-state index in [1.165, 1.54) is 6.07 Å². The standard InChI is InChI=1S/C25H23FN4OS/c1-16-13-21(17(2)30(16)19-8-5-7-18(26)14-19)24-23(22-10-3-4-11-27-22)28-25(32)29(24)15-20-9-6-12-31-20/h3-14,23-24H,15H2,1-2H3,(H,28,32)/t23-,24-/m1/s1. The largest absolute Gasteiger partial charge is 0.467 e. The molecule has 1 fully saturated rings. The fourth-order valence-electron chi connectivity index (χ4n) is 4.58. The minimum Gasteiger partial charge on any atom is -0.467 e. The smallest absolute Gasteiger partial charge is 0.170 e. The number of pyridine rings is 1. The molecule has 1 N–H and O–H groups in total. The quantitative estimate of drug-likeness (QED) is 0.416. The summed E-state index contributed by atoms with van der Waals surface area (Å²) in [4.78, 5) is 6.75. The normalized spacial score (nSPS) is 18.2. The summed E-state index contributed by atoms with van der Waals surface area (Å²) in [5, 5.41) is 4.12. The van der Waals surface area contributed by atoms with Crippen LogP contribution in [0, 0.1) is 19.7 Å². The van der Waals surface area contributed by atoms with Gasteiger partial charge in [-0.25, -0.2) is 4.39 Å². The van der Waals surface area contributed by atoms with Crippen molar-refractivity contribution in [1.82, 2.24) is 19.8 Å². The van der Waals surface area contributed by atoms with Crippen LogP contribution in [0.25, 0.3) is 5.69 Å².